The summed E-state index contributed by atoms with van der Waals surface area (Å²) in [6, 6.07) is 8.75. The van der Waals surface area contributed by atoms with Gasteiger partial charge in [0.15, 0.2) is 23.0 Å². The van der Waals surface area contributed by atoms with Gasteiger partial charge in [0.25, 0.3) is 0 Å². The molecule has 10 nitrogen and oxygen atoms in total. The van der Waals surface area contributed by atoms with Gasteiger partial charge in [-0.25, -0.2) is 0 Å². The lowest BCUT2D eigenvalue weighted by atomic mass is 9.85. The number of fused-ring (bicyclic) bond motifs is 2. The van der Waals surface area contributed by atoms with Crippen LogP contribution < -0.4 is 10.1 Å². The average Bonchev–Trinajstić information content (AvgIpc) is 3.33. The monoisotopic (exact) mass is 405 g/mol. The molecule has 1 amide bonds. The first kappa shape index (κ1) is 18.1. The molecule has 1 aliphatic rings. The zero-order valence-electron chi connectivity index (χ0n) is 16.4. The smallest absolute Gasteiger partial charge is 0.226 e. The average molecular weight is 405 g/mol. The molecule has 2 N–H and O–H groups in total. The van der Waals surface area contributed by atoms with Crippen molar-refractivity contribution in [3.63, 3.8) is 0 Å². The number of aromatic hydroxyl groups is 1. The maximum atomic E-state index is 12.6. The van der Waals surface area contributed by atoms with E-state index in [-0.39, 0.29) is 24.0 Å². The minimum atomic E-state index is -0.221. The molecule has 4 aromatic rings. The minimum absolute atomic E-state index is 0.0694. The number of benzene rings is 1. The van der Waals surface area contributed by atoms with Crippen molar-refractivity contribution < 1.29 is 14.6 Å². The van der Waals surface area contributed by atoms with Gasteiger partial charge in [0.2, 0.25) is 5.91 Å². The topological polar surface area (TPSA) is 119 Å². The Balaban J connectivity index is 1.64. The van der Waals surface area contributed by atoms with Crippen molar-refractivity contribution in [1.29, 1.82) is 0 Å². The van der Waals surface area contributed by atoms with Gasteiger partial charge in [0, 0.05) is 17.9 Å². The van der Waals surface area contributed by atoms with Crippen LogP contribution in [0.1, 0.15) is 36.1 Å². The lowest BCUT2D eigenvalue weighted by molar-refractivity contribution is -0.116. The van der Waals surface area contributed by atoms with E-state index in [9.17, 15) is 9.90 Å². The third-order valence-corrected chi connectivity index (χ3v) is 5.15. The molecular weight excluding hydrogens is 386 g/mol. The van der Waals surface area contributed by atoms with Crippen LogP contribution in [0.2, 0.25) is 0 Å². The van der Waals surface area contributed by atoms with E-state index in [1.54, 1.807) is 33.5 Å². The third kappa shape index (κ3) is 2.84. The largest absolute Gasteiger partial charge is 0.504 e. The van der Waals surface area contributed by atoms with E-state index in [1.807, 2.05) is 19.9 Å². The molecule has 0 radical (unpaired) electrons. The van der Waals surface area contributed by atoms with Gasteiger partial charge in [-0.15, -0.1) is 15.3 Å². The highest BCUT2D eigenvalue weighted by molar-refractivity contribution is 5.95. The summed E-state index contributed by atoms with van der Waals surface area (Å²) < 4.78 is 8.70. The van der Waals surface area contributed by atoms with Crippen molar-refractivity contribution >= 4 is 17.4 Å². The Morgan fingerprint density at radius 1 is 1.27 bits per heavy atom. The second-order valence-electron chi connectivity index (χ2n) is 7.05. The zero-order chi connectivity index (χ0) is 20.8. The summed E-state index contributed by atoms with van der Waals surface area (Å²) in [7, 11) is 0. The highest BCUT2D eigenvalue weighted by Gasteiger charge is 2.33. The van der Waals surface area contributed by atoms with Crippen molar-refractivity contribution in [2.24, 2.45) is 0 Å². The molecule has 3 aromatic heterocycles. The van der Waals surface area contributed by atoms with Gasteiger partial charge in [-0.3, -0.25) is 4.79 Å². The van der Waals surface area contributed by atoms with Gasteiger partial charge in [0.1, 0.15) is 12.1 Å². The molecule has 0 aliphatic carbocycles. The summed E-state index contributed by atoms with van der Waals surface area (Å²) in [6.45, 7) is 4.19. The predicted molar refractivity (Wildman–Crippen MR) is 107 cm³/mol. The minimum Gasteiger partial charge on any atom is -0.504 e. The molecule has 0 fully saturated rings. The number of amides is 1. The number of aromatic nitrogens is 6. The normalized spacial score (nSPS) is 15.8. The van der Waals surface area contributed by atoms with Crippen molar-refractivity contribution in [2.45, 2.75) is 26.2 Å². The number of hydrogen-bond donors (Lipinski definition) is 2. The number of carbonyl (C=O) groups excluding carboxylic acids is 1. The SMILES string of the molecule is CCOc1cc([C@H]2CC(=O)Nc3c2c(C)nn3-c2ccc3nncn3n2)ccc1O. The van der Waals surface area contributed by atoms with E-state index < -0.39 is 0 Å². The number of anilines is 1. The molecule has 0 unspecified atom stereocenters. The Morgan fingerprint density at radius 2 is 2.13 bits per heavy atom. The van der Waals surface area contributed by atoms with Crippen LogP contribution in [0.5, 0.6) is 11.5 Å². The van der Waals surface area contributed by atoms with Crippen molar-refractivity contribution in [1.82, 2.24) is 29.6 Å². The van der Waals surface area contributed by atoms with Crippen LogP contribution in [-0.2, 0) is 4.79 Å². The second-order valence-corrected chi connectivity index (χ2v) is 7.05. The summed E-state index contributed by atoms with van der Waals surface area (Å²) >= 11 is 0. The molecule has 30 heavy (non-hydrogen) atoms. The second kappa shape index (κ2) is 6.83. The summed E-state index contributed by atoms with van der Waals surface area (Å²) in [5.41, 5.74) is 3.18. The first-order valence-electron chi connectivity index (χ1n) is 9.57. The Bertz CT molecular complexity index is 1280. The van der Waals surface area contributed by atoms with Crippen LogP contribution >= 0.6 is 0 Å². The molecule has 0 bridgehead atoms. The van der Waals surface area contributed by atoms with E-state index in [4.69, 9.17) is 4.74 Å². The predicted octanol–water partition coefficient (Wildman–Crippen LogP) is 2.20. The fourth-order valence-electron chi connectivity index (χ4n) is 3.85. The third-order valence-electron chi connectivity index (χ3n) is 5.15. The van der Waals surface area contributed by atoms with Crippen LogP contribution in [0.15, 0.2) is 36.7 Å². The molecule has 0 saturated heterocycles. The summed E-state index contributed by atoms with van der Waals surface area (Å²) in [5.74, 6) is 1.24. The fourth-order valence-corrected chi connectivity index (χ4v) is 3.85. The van der Waals surface area contributed by atoms with Crippen molar-refractivity contribution in [2.75, 3.05) is 11.9 Å². The molecular formula is C20H19N7O3. The number of hydrogen-bond acceptors (Lipinski definition) is 7. The number of carbonyl (C=O) groups is 1. The molecule has 1 atom stereocenters. The lowest BCUT2D eigenvalue weighted by Crippen LogP contribution is -2.25. The number of phenolic OH excluding ortho intramolecular Hbond substituents is 1. The number of rotatable bonds is 4. The summed E-state index contributed by atoms with van der Waals surface area (Å²) in [5, 5.41) is 29.9. The molecule has 5 rings (SSSR count). The molecule has 0 saturated carbocycles. The Hall–Kier alpha value is -3.95. The molecule has 1 aliphatic heterocycles. The lowest BCUT2D eigenvalue weighted by Gasteiger charge is -2.24. The van der Waals surface area contributed by atoms with E-state index in [0.29, 0.717) is 29.6 Å². The first-order chi connectivity index (χ1) is 14.5. The molecule has 10 heteroatoms. The van der Waals surface area contributed by atoms with Crippen LogP contribution in [0.4, 0.5) is 5.82 Å². The summed E-state index contributed by atoms with van der Waals surface area (Å²) in [4.78, 5) is 12.6. The maximum Gasteiger partial charge on any atom is 0.226 e. The van der Waals surface area contributed by atoms with Crippen LogP contribution in [-0.4, -0.2) is 47.2 Å². The van der Waals surface area contributed by atoms with Crippen LogP contribution in [0.25, 0.3) is 11.5 Å². The Kier molecular flexibility index (Phi) is 4.12. The number of nitrogens with zero attached hydrogens (tertiary/aromatic N) is 6. The van der Waals surface area contributed by atoms with E-state index in [2.05, 4.69) is 25.7 Å². The van der Waals surface area contributed by atoms with Gasteiger partial charge in [-0.1, -0.05) is 6.07 Å². The summed E-state index contributed by atoms with van der Waals surface area (Å²) in [6.07, 6.45) is 1.78. The molecule has 4 heterocycles. The maximum absolute atomic E-state index is 12.6. The van der Waals surface area contributed by atoms with E-state index >= 15 is 0 Å². The number of ether oxygens (including phenoxy) is 1. The molecule has 1 aromatic carbocycles. The quantitative estimate of drug-likeness (QED) is 0.534. The van der Waals surface area contributed by atoms with Gasteiger partial charge in [-0.2, -0.15) is 14.3 Å². The van der Waals surface area contributed by atoms with Gasteiger partial charge in [-0.05, 0) is 43.7 Å². The van der Waals surface area contributed by atoms with E-state index in [0.717, 1.165) is 16.8 Å². The van der Waals surface area contributed by atoms with Gasteiger partial charge >= 0.3 is 0 Å². The molecule has 0 spiro atoms. The zero-order valence-corrected chi connectivity index (χ0v) is 16.4. The van der Waals surface area contributed by atoms with Crippen molar-refractivity contribution in [3.05, 3.63) is 53.5 Å². The Labute approximate surface area is 171 Å². The highest BCUT2D eigenvalue weighted by atomic mass is 16.5. The van der Waals surface area contributed by atoms with Gasteiger partial charge in [0.05, 0.1) is 12.3 Å². The van der Waals surface area contributed by atoms with Crippen LogP contribution in [0, 0.1) is 6.92 Å². The molecule has 152 valence electrons. The number of nitrogens with one attached hydrogen (secondary N) is 1. The highest BCUT2D eigenvalue weighted by Crippen LogP contribution is 2.42. The van der Waals surface area contributed by atoms with Crippen molar-refractivity contribution in [3.8, 4) is 17.3 Å². The number of phenols is 1. The fraction of sp³-hybridized carbons (Fsp3) is 0.250. The first-order valence-corrected chi connectivity index (χ1v) is 9.57. The van der Waals surface area contributed by atoms with Gasteiger partial charge < -0.3 is 15.2 Å². The van der Waals surface area contributed by atoms with E-state index in [1.165, 1.54) is 6.33 Å². The Morgan fingerprint density at radius 3 is 2.97 bits per heavy atom. The number of aryl methyl sites for hydroxylation is 1. The van der Waals surface area contributed by atoms with Crippen LogP contribution in [0.3, 0.4) is 0 Å². The standard InChI is InChI=1S/C20H19N7O3/c1-3-30-15-8-12(4-5-14(15)28)13-9-18(29)22-20-19(13)11(2)24-27(20)17-7-6-16-23-21-10-26(16)25-17/h4-8,10,13,28H,3,9H2,1-2H3,(H,22,29)/t13-/m1/s1.